The Hall–Kier alpha value is -2.49. The summed E-state index contributed by atoms with van der Waals surface area (Å²) >= 11 is 0. The molecule has 2 aromatic rings. The molecule has 140 valence electrons. The maximum Gasteiger partial charge on any atom is 0.230 e. The summed E-state index contributed by atoms with van der Waals surface area (Å²) in [4.78, 5) is 12.6. The van der Waals surface area contributed by atoms with Crippen molar-refractivity contribution < 1.29 is 14.3 Å². The molecule has 0 radical (unpaired) electrons. The number of rotatable bonds is 7. The number of hydrogen-bond donors (Lipinski definition) is 1. The SMILES string of the molecule is COc1ccc(-c2ccc(C(C)(C)C(=O)NCC(C)C)cc2)c(OC)c1. The zero-order valence-electron chi connectivity index (χ0n) is 16.6. The molecule has 0 heterocycles. The van der Waals surface area contributed by atoms with Crippen LogP contribution in [0.2, 0.25) is 0 Å². The standard InChI is InChI=1S/C22H29NO3/c1-15(2)14-23-21(24)22(3,4)17-9-7-16(8-10-17)19-12-11-18(25-5)13-20(19)26-6/h7-13,15H,14H2,1-6H3,(H,23,24). The average molecular weight is 355 g/mol. The fraction of sp³-hybridized carbons (Fsp3) is 0.409. The van der Waals surface area contributed by atoms with Crippen LogP contribution in [-0.2, 0) is 10.2 Å². The lowest BCUT2D eigenvalue weighted by Gasteiger charge is -2.25. The number of carbonyl (C=O) groups is 1. The van der Waals surface area contributed by atoms with Crippen molar-refractivity contribution in [1.82, 2.24) is 5.32 Å². The van der Waals surface area contributed by atoms with Gasteiger partial charge >= 0.3 is 0 Å². The van der Waals surface area contributed by atoms with Crippen molar-refractivity contribution in [2.45, 2.75) is 33.1 Å². The number of amides is 1. The summed E-state index contributed by atoms with van der Waals surface area (Å²) < 4.78 is 10.7. The highest BCUT2D eigenvalue weighted by Gasteiger charge is 2.29. The maximum absolute atomic E-state index is 12.6. The van der Waals surface area contributed by atoms with Gasteiger partial charge in [-0.15, -0.1) is 0 Å². The van der Waals surface area contributed by atoms with E-state index < -0.39 is 5.41 Å². The highest BCUT2D eigenvalue weighted by Crippen LogP contribution is 2.34. The number of methoxy groups -OCH3 is 2. The van der Waals surface area contributed by atoms with Crippen LogP contribution in [0, 0.1) is 5.92 Å². The molecular formula is C22H29NO3. The third kappa shape index (κ3) is 4.37. The lowest BCUT2D eigenvalue weighted by atomic mass is 9.83. The first kappa shape index (κ1) is 19.8. The van der Waals surface area contributed by atoms with Gasteiger partial charge < -0.3 is 14.8 Å². The highest BCUT2D eigenvalue weighted by atomic mass is 16.5. The molecule has 0 aliphatic carbocycles. The van der Waals surface area contributed by atoms with Gasteiger partial charge in [0.2, 0.25) is 5.91 Å². The topological polar surface area (TPSA) is 47.6 Å². The number of hydrogen-bond acceptors (Lipinski definition) is 3. The van der Waals surface area contributed by atoms with Crippen LogP contribution in [-0.4, -0.2) is 26.7 Å². The van der Waals surface area contributed by atoms with E-state index in [1.165, 1.54) is 0 Å². The Balaban J connectivity index is 2.26. The summed E-state index contributed by atoms with van der Waals surface area (Å²) in [5, 5.41) is 3.03. The van der Waals surface area contributed by atoms with E-state index in [4.69, 9.17) is 9.47 Å². The summed E-state index contributed by atoms with van der Waals surface area (Å²) in [6, 6.07) is 13.8. The summed E-state index contributed by atoms with van der Waals surface area (Å²) in [7, 11) is 3.28. The molecule has 1 N–H and O–H groups in total. The summed E-state index contributed by atoms with van der Waals surface area (Å²) in [5.74, 6) is 1.98. The summed E-state index contributed by atoms with van der Waals surface area (Å²) in [6.45, 7) is 8.76. The van der Waals surface area contributed by atoms with Crippen molar-refractivity contribution >= 4 is 5.91 Å². The molecular weight excluding hydrogens is 326 g/mol. The first-order valence-corrected chi connectivity index (χ1v) is 8.90. The van der Waals surface area contributed by atoms with Gasteiger partial charge in [-0.2, -0.15) is 0 Å². The van der Waals surface area contributed by atoms with Gasteiger partial charge in [0.15, 0.2) is 0 Å². The molecule has 2 rings (SSSR count). The third-order valence-electron chi connectivity index (χ3n) is 4.56. The van der Waals surface area contributed by atoms with Gasteiger partial charge in [0.05, 0.1) is 19.6 Å². The maximum atomic E-state index is 12.6. The largest absolute Gasteiger partial charge is 0.497 e. The smallest absolute Gasteiger partial charge is 0.230 e. The average Bonchev–Trinajstić information content (AvgIpc) is 2.65. The second kappa shape index (κ2) is 8.26. The van der Waals surface area contributed by atoms with E-state index in [2.05, 4.69) is 19.2 Å². The van der Waals surface area contributed by atoms with E-state index in [1.807, 2.05) is 56.3 Å². The zero-order chi connectivity index (χ0) is 19.3. The van der Waals surface area contributed by atoms with Crippen LogP contribution in [0.1, 0.15) is 33.3 Å². The minimum absolute atomic E-state index is 0.0426. The van der Waals surface area contributed by atoms with Gasteiger partial charge in [-0.25, -0.2) is 0 Å². The van der Waals surface area contributed by atoms with Gasteiger partial charge in [-0.1, -0.05) is 38.1 Å². The molecule has 0 atom stereocenters. The second-order valence-electron chi connectivity index (χ2n) is 7.37. The van der Waals surface area contributed by atoms with E-state index in [1.54, 1.807) is 14.2 Å². The quantitative estimate of drug-likeness (QED) is 0.800. The Morgan fingerprint density at radius 1 is 1.04 bits per heavy atom. The molecule has 0 bridgehead atoms. The molecule has 0 saturated carbocycles. The molecule has 26 heavy (non-hydrogen) atoms. The van der Waals surface area contributed by atoms with Crippen molar-refractivity contribution in [1.29, 1.82) is 0 Å². The Labute approximate surface area is 156 Å². The summed E-state index contributed by atoms with van der Waals surface area (Å²) in [6.07, 6.45) is 0. The van der Waals surface area contributed by atoms with Crippen molar-refractivity contribution in [3.8, 4) is 22.6 Å². The number of carbonyl (C=O) groups excluding carboxylic acids is 1. The Morgan fingerprint density at radius 2 is 1.69 bits per heavy atom. The van der Waals surface area contributed by atoms with Crippen molar-refractivity contribution in [2.24, 2.45) is 5.92 Å². The molecule has 4 heteroatoms. The lowest BCUT2D eigenvalue weighted by molar-refractivity contribution is -0.125. The van der Waals surface area contributed by atoms with Crippen LogP contribution in [0.5, 0.6) is 11.5 Å². The van der Waals surface area contributed by atoms with Gasteiger partial charge in [0, 0.05) is 18.2 Å². The van der Waals surface area contributed by atoms with Crippen LogP contribution < -0.4 is 14.8 Å². The van der Waals surface area contributed by atoms with E-state index in [0.717, 1.165) is 28.2 Å². The fourth-order valence-electron chi connectivity index (χ4n) is 2.75. The van der Waals surface area contributed by atoms with Gasteiger partial charge in [-0.3, -0.25) is 4.79 Å². The van der Waals surface area contributed by atoms with Crippen LogP contribution in [0.25, 0.3) is 11.1 Å². The molecule has 0 saturated heterocycles. The highest BCUT2D eigenvalue weighted by molar-refractivity contribution is 5.87. The van der Waals surface area contributed by atoms with Crippen molar-refractivity contribution in [3.63, 3.8) is 0 Å². The molecule has 4 nitrogen and oxygen atoms in total. The van der Waals surface area contributed by atoms with Gasteiger partial charge in [0.1, 0.15) is 11.5 Å². The third-order valence-corrected chi connectivity index (χ3v) is 4.56. The van der Waals surface area contributed by atoms with Crippen LogP contribution in [0.4, 0.5) is 0 Å². The zero-order valence-corrected chi connectivity index (χ0v) is 16.6. The summed E-state index contributed by atoms with van der Waals surface area (Å²) in [5.41, 5.74) is 2.42. The fourth-order valence-corrected chi connectivity index (χ4v) is 2.75. The van der Waals surface area contributed by atoms with E-state index >= 15 is 0 Å². The first-order chi connectivity index (χ1) is 12.3. The Bertz CT molecular complexity index is 748. The minimum Gasteiger partial charge on any atom is -0.497 e. The molecule has 2 aromatic carbocycles. The molecule has 0 spiro atoms. The predicted molar refractivity (Wildman–Crippen MR) is 106 cm³/mol. The molecule has 0 aliphatic heterocycles. The van der Waals surface area contributed by atoms with Crippen LogP contribution in [0.15, 0.2) is 42.5 Å². The number of benzene rings is 2. The second-order valence-corrected chi connectivity index (χ2v) is 7.37. The number of nitrogens with one attached hydrogen (secondary N) is 1. The van der Waals surface area contributed by atoms with E-state index in [9.17, 15) is 4.79 Å². The van der Waals surface area contributed by atoms with Crippen LogP contribution >= 0.6 is 0 Å². The first-order valence-electron chi connectivity index (χ1n) is 8.90. The normalized spacial score (nSPS) is 11.3. The molecule has 0 aromatic heterocycles. The Kier molecular flexibility index (Phi) is 6.30. The van der Waals surface area contributed by atoms with Crippen molar-refractivity contribution in [3.05, 3.63) is 48.0 Å². The van der Waals surface area contributed by atoms with Crippen molar-refractivity contribution in [2.75, 3.05) is 20.8 Å². The monoisotopic (exact) mass is 355 g/mol. The van der Waals surface area contributed by atoms with Crippen LogP contribution in [0.3, 0.4) is 0 Å². The lowest BCUT2D eigenvalue weighted by Crippen LogP contribution is -2.41. The molecule has 0 fully saturated rings. The van der Waals surface area contributed by atoms with Gasteiger partial charge in [0.25, 0.3) is 0 Å². The van der Waals surface area contributed by atoms with Gasteiger partial charge in [-0.05, 0) is 43.0 Å². The van der Waals surface area contributed by atoms with E-state index in [-0.39, 0.29) is 5.91 Å². The minimum atomic E-state index is -0.586. The molecule has 0 aliphatic rings. The molecule has 0 unspecified atom stereocenters. The molecule has 1 amide bonds. The van der Waals surface area contributed by atoms with E-state index in [0.29, 0.717) is 12.5 Å². The predicted octanol–water partition coefficient (Wildman–Crippen LogP) is 4.42. The Morgan fingerprint density at radius 3 is 2.23 bits per heavy atom. The number of ether oxygens (including phenoxy) is 2.